The molecular weight excluding hydrogens is 318 g/mol. The summed E-state index contributed by atoms with van der Waals surface area (Å²) in [6.07, 6.45) is 6.44. The SMILES string of the molecule is CSc1nc([NH2+]C(C)(C)C(=O)[O-])c2c3c(sc2n1)CCCC3. The van der Waals surface area contributed by atoms with Crippen LogP contribution in [0.2, 0.25) is 0 Å². The summed E-state index contributed by atoms with van der Waals surface area (Å²) in [7, 11) is 0. The molecular formula is C15H19N3O2S2. The fraction of sp³-hybridized carbons (Fsp3) is 0.533. The monoisotopic (exact) mass is 337 g/mol. The third-order valence-electron chi connectivity index (χ3n) is 4.03. The highest BCUT2D eigenvalue weighted by molar-refractivity contribution is 7.98. The van der Waals surface area contributed by atoms with Gasteiger partial charge in [-0.2, -0.15) is 4.98 Å². The number of nitrogens with two attached hydrogens (primary N) is 1. The number of carbonyl (C=O) groups is 1. The fourth-order valence-corrected chi connectivity index (χ4v) is 4.46. The van der Waals surface area contributed by atoms with Crippen molar-refractivity contribution in [2.45, 2.75) is 50.2 Å². The van der Waals surface area contributed by atoms with Gasteiger partial charge in [0.25, 0.3) is 0 Å². The smallest absolute Gasteiger partial charge is 0.238 e. The Morgan fingerprint density at radius 3 is 2.73 bits per heavy atom. The molecule has 2 N–H and O–H groups in total. The molecule has 7 heteroatoms. The van der Waals surface area contributed by atoms with E-state index in [0.717, 1.165) is 28.9 Å². The van der Waals surface area contributed by atoms with E-state index in [9.17, 15) is 9.90 Å². The van der Waals surface area contributed by atoms with Crippen LogP contribution in [0.1, 0.15) is 37.1 Å². The van der Waals surface area contributed by atoms with E-state index in [-0.39, 0.29) is 0 Å². The Kier molecular flexibility index (Phi) is 4.13. The molecule has 0 saturated carbocycles. The van der Waals surface area contributed by atoms with Crippen molar-refractivity contribution in [1.29, 1.82) is 0 Å². The molecule has 0 radical (unpaired) electrons. The van der Waals surface area contributed by atoms with Crippen LogP contribution in [0.15, 0.2) is 5.16 Å². The quantitative estimate of drug-likeness (QED) is 0.665. The van der Waals surface area contributed by atoms with E-state index in [1.807, 2.05) is 6.26 Å². The first-order valence-corrected chi connectivity index (χ1v) is 9.40. The molecule has 0 amide bonds. The summed E-state index contributed by atoms with van der Waals surface area (Å²) >= 11 is 3.21. The minimum atomic E-state index is -1.09. The second-order valence-electron chi connectivity index (χ2n) is 6.14. The van der Waals surface area contributed by atoms with Crippen LogP contribution in [0.4, 0.5) is 5.82 Å². The molecule has 3 rings (SSSR count). The first kappa shape index (κ1) is 15.7. The molecule has 0 aromatic carbocycles. The first-order valence-electron chi connectivity index (χ1n) is 7.36. The number of aryl methyl sites for hydroxylation is 2. The number of aromatic nitrogens is 2. The van der Waals surface area contributed by atoms with E-state index in [4.69, 9.17) is 0 Å². The van der Waals surface area contributed by atoms with E-state index < -0.39 is 11.5 Å². The van der Waals surface area contributed by atoms with Crippen molar-refractivity contribution >= 4 is 45.1 Å². The van der Waals surface area contributed by atoms with Crippen molar-refractivity contribution in [2.24, 2.45) is 0 Å². The van der Waals surface area contributed by atoms with Gasteiger partial charge in [0.1, 0.15) is 16.3 Å². The number of rotatable bonds is 4. The standard InChI is InChI=1S/C15H19N3O2S2/c1-15(2,13(19)20)18-11-10-8-6-4-5-7-9(8)22-12(10)17-14(16-11)21-3/h4-7H2,1-3H3,(H,19,20)(H,16,17,18). The van der Waals surface area contributed by atoms with E-state index >= 15 is 0 Å². The van der Waals surface area contributed by atoms with Crippen molar-refractivity contribution in [1.82, 2.24) is 9.97 Å². The van der Waals surface area contributed by atoms with Gasteiger partial charge in [-0.05, 0) is 51.3 Å². The molecule has 2 aromatic heterocycles. The minimum Gasteiger partial charge on any atom is -0.544 e. The zero-order valence-electron chi connectivity index (χ0n) is 12.9. The summed E-state index contributed by atoms with van der Waals surface area (Å²) in [4.78, 5) is 22.9. The van der Waals surface area contributed by atoms with Gasteiger partial charge in [0.05, 0.1) is 5.39 Å². The van der Waals surface area contributed by atoms with Crippen LogP contribution in [-0.2, 0) is 17.6 Å². The van der Waals surface area contributed by atoms with Crippen molar-refractivity contribution in [3.05, 3.63) is 10.4 Å². The average molecular weight is 337 g/mol. The van der Waals surface area contributed by atoms with Crippen molar-refractivity contribution in [2.75, 3.05) is 6.26 Å². The minimum absolute atomic E-state index is 0.687. The molecule has 0 aliphatic heterocycles. The summed E-state index contributed by atoms with van der Waals surface area (Å²) in [5.74, 6) is -0.350. The molecule has 118 valence electrons. The highest BCUT2D eigenvalue weighted by atomic mass is 32.2. The van der Waals surface area contributed by atoms with E-state index in [1.165, 1.54) is 35.0 Å². The zero-order valence-corrected chi connectivity index (χ0v) is 14.6. The van der Waals surface area contributed by atoms with Crippen LogP contribution in [0.5, 0.6) is 0 Å². The third-order valence-corrected chi connectivity index (χ3v) is 5.76. The summed E-state index contributed by atoms with van der Waals surface area (Å²) in [5.41, 5.74) is 0.264. The zero-order chi connectivity index (χ0) is 15.9. The number of fused-ring (bicyclic) bond motifs is 3. The van der Waals surface area contributed by atoms with Gasteiger partial charge >= 0.3 is 0 Å². The Bertz CT molecular complexity index is 740. The second-order valence-corrected chi connectivity index (χ2v) is 8.00. The van der Waals surface area contributed by atoms with Crippen LogP contribution in [0.25, 0.3) is 10.2 Å². The maximum absolute atomic E-state index is 11.4. The van der Waals surface area contributed by atoms with Crippen LogP contribution in [0, 0.1) is 0 Å². The maximum Gasteiger partial charge on any atom is 0.238 e. The molecule has 0 unspecified atom stereocenters. The van der Waals surface area contributed by atoms with Crippen molar-refractivity contribution in [3.63, 3.8) is 0 Å². The summed E-state index contributed by atoms with van der Waals surface area (Å²) in [5, 5.41) is 14.8. The average Bonchev–Trinajstić information content (AvgIpc) is 2.84. The number of thiophene rings is 1. The largest absolute Gasteiger partial charge is 0.544 e. The number of hydrogen-bond donors (Lipinski definition) is 1. The lowest BCUT2D eigenvalue weighted by molar-refractivity contribution is -0.642. The third kappa shape index (κ3) is 2.73. The lowest BCUT2D eigenvalue weighted by atomic mass is 9.96. The number of aliphatic carboxylic acids is 1. The summed E-state index contributed by atoms with van der Waals surface area (Å²) in [6, 6.07) is 0. The summed E-state index contributed by atoms with van der Waals surface area (Å²) in [6.45, 7) is 3.29. The molecule has 0 atom stereocenters. The number of nitrogens with zero attached hydrogens (tertiary/aromatic N) is 2. The Balaban J connectivity index is 2.18. The fourth-order valence-electron chi connectivity index (χ4n) is 2.76. The predicted molar refractivity (Wildman–Crippen MR) is 86.5 cm³/mol. The Hall–Kier alpha value is -1.18. The highest BCUT2D eigenvalue weighted by Crippen LogP contribution is 2.38. The first-order chi connectivity index (χ1) is 10.4. The van der Waals surface area contributed by atoms with Crippen LogP contribution < -0.4 is 10.4 Å². The Morgan fingerprint density at radius 2 is 2.05 bits per heavy atom. The molecule has 5 nitrogen and oxygen atoms in total. The van der Waals surface area contributed by atoms with Gasteiger partial charge < -0.3 is 9.90 Å². The molecule has 0 bridgehead atoms. The van der Waals surface area contributed by atoms with E-state index in [2.05, 4.69) is 9.97 Å². The highest BCUT2D eigenvalue weighted by Gasteiger charge is 2.29. The Morgan fingerprint density at radius 1 is 1.32 bits per heavy atom. The lowest BCUT2D eigenvalue weighted by Crippen LogP contribution is -2.94. The number of hydrogen-bond acceptors (Lipinski definition) is 6. The van der Waals surface area contributed by atoms with Gasteiger partial charge in [0.15, 0.2) is 5.16 Å². The van der Waals surface area contributed by atoms with Gasteiger partial charge in [-0.3, -0.25) is 5.32 Å². The molecule has 0 fully saturated rings. The molecule has 2 heterocycles. The van der Waals surface area contributed by atoms with Gasteiger partial charge in [-0.25, -0.2) is 4.98 Å². The molecule has 2 aromatic rings. The lowest BCUT2D eigenvalue weighted by Gasteiger charge is -2.23. The molecule has 1 aliphatic carbocycles. The van der Waals surface area contributed by atoms with Gasteiger partial charge in [-0.1, -0.05) is 11.8 Å². The molecule has 0 spiro atoms. The van der Waals surface area contributed by atoms with Crippen LogP contribution >= 0.6 is 23.1 Å². The predicted octanol–water partition coefficient (Wildman–Crippen LogP) is 1.02. The van der Waals surface area contributed by atoms with Crippen LogP contribution in [0.3, 0.4) is 0 Å². The molecule has 1 aliphatic rings. The van der Waals surface area contributed by atoms with Crippen molar-refractivity contribution < 1.29 is 15.2 Å². The van der Waals surface area contributed by atoms with Crippen molar-refractivity contribution in [3.8, 4) is 0 Å². The van der Waals surface area contributed by atoms with Gasteiger partial charge in [0, 0.05) is 4.88 Å². The number of quaternary nitrogens is 1. The molecule has 0 saturated heterocycles. The van der Waals surface area contributed by atoms with Crippen LogP contribution in [-0.4, -0.2) is 27.7 Å². The number of carbonyl (C=O) groups excluding carboxylic acids is 1. The van der Waals surface area contributed by atoms with E-state index in [0.29, 0.717) is 5.16 Å². The number of carboxylic acid groups (broad SMARTS) is 1. The maximum atomic E-state index is 11.4. The summed E-state index contributed by atoms with van der Waals surface area (Å²) < 4.78 is 0. The number of carboxylic acids is 1. The normalized spacial score (nSPS) is 15.0. The van der Waals surface area contributed by atoms with Gasteiger partial charge in [-0.15, -0.1) is 11.3 Å². The van der Waals surface area contributed by atoms with Gasteiger partial charge in [0.2, 0.25) is 5.82 Å². The Labute approximate surface area is 137 Å². The topological polar surface area (TPSA) is 82.5 Å². The van der Waals surface area contributed by atoms with E-state index in [1.54, 1.807) is 30.5 Å². The second kappa shape index (κ2) is 5.79. The number of thioether (sulfide) groups is 1. The molecule has 22 heavy (non-hydrogen) atoms.